The van der Waals surface area contributed by atoms with Crippen molar-refractivity contribution in [2.45, 2.75) is 27.7 Å². The van der Waals surface area contributed by atoms with E-state index in [1.807, 2.05) is 67.8 Å². The number of Topliss-reactive ketones (excluding diaryl/α,β-unsaturated/α-hetero) is 1. The molecule has 6 nitrogen and oxygen atoms in total. The van der Waals surface area contributed by atoms with Crippen LogP contribution in [0.3, 0.4) is 0 Å². The van der Waals surface area contributed by atoms with Crippen LogP contribution in [0.1, 0.15) is 34.4 Å². The number of rotatable bonds is 6. The molecule has 2 aromatic heterocycles. The molecule has 7 heteroatoms. The van der Waals surface area contributed by atoms with Gasteiger partial charge in [0.2, 0.25) is 0 Å². The van der Waals surface area contributed by atoms with Crippen LogP contribution in [0.5, 0.6) is 5.75 Å². The molecular weight excluding hydrogens is 426 g/mol. The van der Waals surface area contributed by atoms with Crippen LogP contribution < -0.4 is 10.2 Å². The summed E-state index contributed by atoms with van der Waals surface area (Å²) >= 11 is 6.19. The van der Waals surface area contributed by atoms with Crippen LogP contribution in [0.4, 0.5) is 0 Å². The Morgan fingerprint density at radius 2 is 1.72 bits per heavy atom. The van der Waals surface area contributed by atoms with Crippen molar-refractivity contribution in [3.05, 3.63) is 82.3 Å². The number of amides is 1. The van der Waals surface area contributed by atoms with Crippen LogP contribution in [-0.2, 0) is 4.79 Å². The lowest BCUT2D eigenvalue weighted by molar-refractivity contribution is -0.119. The number of nitrogens with one attached hydrogen (secondary N) is 1. The Morgan fingerprint density at radius 1 is 1.00 bits per heavy atom. The number of aromatic nitrogens is 2. The molecular formula is C25H24ClN3O3. The number of hydrogen-bond acceptors (Lipinski definition) is 3. The lowest BCUT2D eigenvalue weighted by Gasteiger charge is -2.12. The van der Waals surface area contributed by atoms with E-state index in [1.54, 1.807) is 23.7 Å². The highest BCUT2D eigenvalue weighted by molar-refractivity contribution is 6.30. The first-order chi connectivity index (χ1) is 15.3. The first kappa shape index (κ1) is 21.7. The molecule has 2 heterocycles. The van der Waals surface area contributed by atoms with Gasteiger partial charge in [-0.05, 0) is 76.2 Å². The summed E-state index contributed by atoms with van der Waals surface area (Å²) in [5.41, 5.74) is 7.86. The minimum atomic E-state index is -0.271. The van der Waals surface area contributed by atoms with Crippen molar-refractivity contribution < 1.29 is 14.3 Å². The third-order valence-electron chi connectivity index (χ3n) is 5.47. The number of ketones is 1. The summed E-state index contributed by atoms with van der Waals surface area (Å²) in [4.78, 5) is 24.8. The van der Waals surface area contributed by atoms with Crippen molar-refractivity contribution in [3.8, 4) is 11.4 Å². The van der Waals surface area contributed by atoms with E-state index in [1.165, 1.54) is 0 Å². The van der Waals surface area contributed by atoms with Gasteiger partial charge in [-0.25, -0.2) is 0 Å². The van der Waals surface area contributed by atoms with Gasteiger partial charge in [-0.3, -0.25) is 19.7 Å². The van der Waals surface area contributed by atoms with Gasteiger partial charge in [-0.1, -0.05) is 17.7 Å². The second-order valence-corrected chi connectivity index (χ2v) is 8.22. The molecule has 0 spiro atoms. The Balaban J connectivity index is 1.64. The summed E-state index contributed by atoms with van der Waals surface area (Å²) in [5.74, 6) is 0.202. The minimum absolute atomic E-state index is 0.0401. The summed E-state index contributed by atoms with van der Waals surface area (Å²) in [6, 6.07) is 16.8. The highest BCUT2D eigenvalue weighted by Crippen LogP contribution is 2.33. The van der Waals surface area contributed by atoms with Crippen LogP contribution in [0.15, 0.2) is 54.6 Å². The predicted octanol–water partition coefficient (Wildman–Crippen LogP) is 5.36. The highest BCUT2D eigenvalue weighted by atomic mass is 35.5. The third-order valence-corrected chi connectivity index (χ3v) is 5.71. The molecule has 1 amide bonds. The van der Waals surface area contributed by atoms with E-state index < -0.39 is 0 Å². The number of fused-ring (bicyclic) bond motifs is 1. The van der Waals surface area contributed by atoms with Crippen LogP contribution in [0.25, 0.3) is 16.6 Å². The number of carbonyl (C=O) groups is 2. The van der Waals surface area contributed by atoms with Gasteiger partial charge < -0.3 is 9.30 Å². The van der Waals surface area contributed by atoms with Gasteiger partial charge in [0.25, 0.3) is 5.91 Å². The van der Waals surface area contributed by atoms with Gasteiger partial charge in [0.05, 0.1) is 5.52 Å². The predicted molar refractivity (Wildman–Crippen MR) is 127 cm³/mol. The zero-order valence-electron chi connectivity index (χ0n) is 18.4. The van der Waals surface area contributed by atoms with Gasteiger partial charge in [0.1, 0.15) is 5.75 Å². The monoisotopic (exact) mass is 449 g/mol. The van der Waals surface area contributed by atoms with Crippen LogP contribution in [0.2, 0.25) is 5.02 Å². The molecule has 0 radical (unpaired) electrons. The molecule has 2 aromatic carbocycles. The van der Waals surface area contributed by atoms with E-state index in [9.17, 15) is 9.59 Å². The van der Waals surface area contributed by atoms with Gasteiger partial charge in [-0.2, -0.15) is 0 Å². The van der Waals surface area contributed by atoms with Gasteiger partial charge >= 0.3 is 0 Å². The number of halogens is 1. The van der Waals surface area contributed by atoms with Crippen LogP contribution in [0, 0.1) is 20.8 Å². The molecule has 0 saturated heterocycles. The van der Waals surface area contributed by atoms with Crippen molar-refractivity contribution in [1.29, 1.82) is 0 Å². The normalized spacial score (nSPS) is 11.0. The number of nitrogens with zero attached hydrogens (tertiary/aromatic N) is 2. The van der Waals surface area contributed by atoms with Gasteiger partial charge in [0, 0.05) is 38.7 Å². The first-order valence-electron chi connectivity index (χ1n) is 10.3. The molecule has 32 heavy (non-hydrogen) atoms. The molecule has 4 aromatic rings. The largest absolute Gasteiger partial charge is 0.484 e. The Morgan fingerprint density at radius 3 is 2.38 bits per heavy atom. The Hall–Kier alpha value is -3.51. The molecule has 0 saturated carbocycles. The Labute approximate surface area is 191 Å². The molecule has 164 valence electrons. The molecule has 0 aliphatic rings. The fraction of sp³-hybridized carbons (Fsp3) is 0.200. The summed E-state index contributed by atoms with van der Waals surface area (Å²) in [6.45, 7) is 7.14. The average Bonchev–Trinajstić information content (AvgIpc) is 3.22. The van der Waals surface area contributed by atoms with Crippen molar-refractivity contribution in [1.82, 2.24) is 9.24 Å². The molecule has 0 unspecified atom stereocenters. The lowest BCUT2D eigenvalue weighted by Crippen LogP contribution is -2.29. The molecule has 1 N–H and O–H groups in total. The summed E-state index contributed by atoms with van der Waals surface area (Å²) in [5, 5.41) is 1.39. The molecule has 0 fully saturated rings. The van der Waals surface area contributed by atoms with Crippen molar-refractivity contribution >= 4 is 34.2 Å². The maximum atomic E-state index is 12.5. The fourth-order valence-corrected chi connectivity index (χ4v) is 4.22. The number of benzene rings is 2. The molecule has 0 aliphatic carbocycles. The number of hydrogen-bond donors (Lipinski definition) is 1. The molecule has 0 atom stereocenters. The molecule has 0 aliphatic heterocycles. The Kier molecular flexibility index (Phi) is 5.80. The molecule has 0 bridgehead atoms. The van der Waals surface area contributed by atoms with E-state index in [0.717, 1.165) is 33.7 Å². The maximum Gasteiger partial charge on any atom is 0.276 e. The zero-order valence-corrected chi connectivity index (χ0v) is 19.2. The second-order valence-electron chi connectivity index (χ2n) is 7.79. The first-order valence-corrected chi connectivity index (χ1v) is 10.6. The third kappa shape index (κ3) is 4.01. The topological polar surface area (TPSA) is 65.3 Å². The summed E-state index contributed by atoms with van der Waals surface area (Å²) in [6.07, 6.45) is 0. The van der Waals surface area contributed by atoms with Crippen molar-refractivity contribution in [2.75, 3.05) is 12.0 Å². The summed E-state index contributed by atoms with van der Waals surface area (Å²) in [7, 11) is 0. The number of aryl methyl sites for hydroxylation is 2. The fourth-order valence-electron chi connectivity index (χ4n) is 4.03. The smallest absolute Gasteiger partial charge is 0.276 e. The highest BCUT2D eigenvalue weighted by Gasteiger charge is 2.19. The van der Waals surface area contributed by atoms with E-state index in [0.29, 0.717) is 16.3 Å². The van der Waals surface area contributed by atoms with Crippen molar-refractivity contribution in [2.24, 2.45) is 0 Å². The quantitative estimate of drug-likeness (QED) is 0.403. The summed E-state index contributed by atoms with van der Waals surface area (Å²) < 4.78 is 9.47. The zero-order chi connectivity index (χ0) is 23.0. The van der Waals surface area contributed by atoms with E-state index in [-0.39, 0.29) is 18.3 Å². The number of carbonyl (C=O) groups excluding carboxylic acids is 2. The van der Waals surface area contributed by atoms with Crippen molar-refractivity contribution in [3.63, 3.8) is 0 Å². The van der Waals surface area contributed by atoms with Gasteiger partial charge in [0.15, 0.2) is 12.4 Å². The van der Waals surface area contributed by atoms with Gasteiger partial charge in [-0.15, -0.1) is 0 Å². The van der Waals surface area contributed by atoms with Crippen LogP contribution >= 0.6 is 11.6 Å². The molecule has 4 rings (SSSR count). The number of ether oxygens (including phenoxy) is 1. The standard InChI is InChI=1S/C25H24ClN3O3/c1-15-8-9-16(2)29(15)27-24(31)14-32-21-10-11-23-22(13-21)25(18(4)30)17(3)28(23)20-7-5-6-19(26)12-20/h5-13H,14H2,1-4H3,(H,27,31). The second kappa shape index (κ2) is 8.55. The SMILES string of the molecule is CC(=O)c1c(C)n(-c2cccc(Cl)c2)c2ccc(OCC(=O)Nn3c(C)ccc3C)cc12. The van der Waals surface area contributed by atoms with E-state index >= 15 is 0 Å². The lowest BCUT2D eigenvalue weighted by atomic mass is 10.1. The van der Waals surface area contributed by atoms with E-state index in [4.69, 9.17) is 16.3 Å². The van der Waals surface area contributed by atoms with Crippen LogP contribution in [-0.4, -0.2) is 27.5 Å². The minimum Gasteiger partial charge on any atom is -0.484 e. The average molecular weight is 450 g/mol. The van der Waals surface area contributed by atoms with E-state index in [2.05, 4.69) is 5.43 Å². The Bertz CT molecular complexity index is 1330. The maximum absolute atomic E-state index is 12.5.